The van der Waals surface area contributed by atoms with Gasteiger partial charge in [0.15, 0.2) is 0 Å². The second-order valence-electron chi connectivity index (χ2n) is 3.50. The van der Waals surface area contributed by atoms with E-state index >= 15 is 0 Å². The first-order valence-electron chi connectivity index (χ1n) is 5.09. The number of rotatable bonds is 4. The Bertz CT molecular complexity index is 495. The molecule has 1 heterocycles. The van der Waals surface area contributed by atoms with Gasteiger partial charge in [0.1, 0.15) is 0 Å². The molecule has 1 aromatic heterocycles. The van der Waals surface area contributed by atoms with Crippen LogP contribution in [-0.4, -0.2) is 4.57 Å². The van der Waals surface area contributed by atoms with Gasteiger partial charge in [-0.3, -0.25) is 0 Å². The fourth-order valence-corrected chi connectivity index (χ4v) is 1.63. The van der Waals surface area contributed by atoms with E-state index in [0.717, 1.165) is 12.2 Å². The van der Waals surface area contributed by atoms with Crippen LogP contribution in [0.2, 0.25) is 0 Å². The standard InChI is InChI=1S/C12H12N4/c13-15-14-9-12-7-4-8-16(12)10-11-5-2-1-3-6-11/h1-8H,9-10H2. The molecule has 0 saturated heterocycles. The van der Waals surface area contributed by atoms with Gasteiger partial charge in [-0.1, -0.05) is 35.4 Å². The molecule has 0 unspecified atom stereocenters. The number of hydrogen-bond acceptors (Lipinski definition) is 1. The fourth-order valence-electron chi connectivity index (χ4n) is 1.63. The summed E-state index contributed by atoms with van der Waals surface area (Å²) in [5.74, 6) is 0. The molecule has 2 aromatic rings. The summed E-state index contributed by atoms with van der Waals surface area (Å²) in [4.78, 5) is 2.77. The Morgan fingerprint density at radius 2 is 1.94 bits per heavy atom. The van der Waals surface area contributed by atoms with Crippen molar-refractivity contribution in [2.75, 3.05) is 0 Å². The van der Waals surface area contributed by atoms with E-state index < -0.39 is 0 Å². The van der Waals surface area contributed by atoms with Gasteiger partial charge in [-0.15, -0.1) is 0 Å². The topological polar surface area (TPSA) is 53.7 Å². The molecular weight excluding hydrogens is 200 g/mol. The van der Waals surface area contributed by atoms with E-state index in [-0.39, 0.29) is 0 Å². The molecule has 0 N–H and O–H groups in total. The average Bonchev–Trinajstić information content (AvgIpc) is 2.75. The molecule has 0 bridgehead atoms. The van der Waals surface area contributed by atoms with Crippen molar-refractivity contribution in [2.24, 2.45) is 5.11 Å². The van der Waals surface area contributed by atoms with Crippen molar-refractivity contribution < 1.29 is 0 Å². The van der Waals surface area contributed by atoms with E-state index in [0.29, 0.717) is 6.54 Å². The number of azide groups is 1. The highest BCUT2D eigenvalue weighted by molar-refractivity contribution is 5.17. The Kier molecular flexibility index (Phi) is 3.26. The summed E-state index contributed by atoms with van der Waals surface area (Å²) in [6, 6.07) is 14.1. The molecule has 0 spiro atoms. The van der Waals surface area contributed by atoms with E-state index in [9.17, 15) is 0 Å². The molecule has 80 valence electrons. The summed E-state index contributed by atoms with van der Waals surface area (Å²) in [7, 11) is 0. The number of nitrogens with zero attached hydrogens (tertiary/aromatic N) is 4. The maximum atomic E-state index is 8.29. The van der Waals surface area contributed by atoms with Crippen LogP contribution in [0, 0.1) is 0 Å². The molecule has 0 saturated carbocycles. The van der Waals surface area contributed by atoms with Crippen molar-refractivity contribution in [1.29, 1.82) is 0 Å². The third-order valence-corrected chi connectivity index (χ3v) is 2.42. The van der Waals surface area contributed by atoms with Crippen molar-refractivity contribution in [3.05, 3.63) is 70.4 Å². The summed E-state index contributed by atoms with van der Waals surface area (Å²) in [6.07, 6.45) is 2.00. The maximum Gasteiger partial charge on any atom is 0.0664 e. The lowest BCUT2D eigenvalue weighted by atomic mass is 10.2. The van der Waals surface area contributed by atoms with E-state index in [4.69, 9.17) is 5.53 Å². The molecule has 4 heteroatoms. The SMILES string of the molecule is [N-]=[N+]=NCc1cccn1Cc1ccccc1. The van der Waals surface area contributed by atoms with Gasteiger partial charge in [0.2, 0.25) is 0 Å². The van der Waals surface area contributed by atoms with Crippen molar-refractivity contribution in [3.63, 3.8) is 0 Å². The van der Waals surface area contributed by atoms with E-state index in [1.165, 1.54) is 5.56 Å². The fraction of sp³-hybridized carbons (Fsp3) is 0.167. The summed E-state index contributed by atoms with van der Waals surface area (Å²) in [5, 5.41) is 3.58. The van der Waals surface area contributed by atoms with E-state index in [1.54, 1.807) is 0 Å². The number of benzene rings is 1. The zero-order valence-corrected chi connectivity index (χ0v) is 8.82. The van der Waals surface area contributed by atoms with Gasteiger partial charge in [-0.05, 0) is 23.2 Å². The van der Waals surface area contributed by atoms with Crippen molar-refractivity contribution in [1.82, 2.24) is 4.57 Å². The van der Waals surface area contributed by atoms with Gasteiger partial charge in [-0.2, -0.15) is 0 Å². The minimum Gasteiger partial charge on any atom is -0.347 e. The Hall–Kier alpha value is -2.19. The van der Waals surface area contributed by atoms with Gasteiger partial charge >= 0.3 is 0 Å². The summed E-state index contributed by atoms with van der Waals surface area (Å²) >= 11 is 0. The summed E-state index contributed by atoms with van der Waals surface area (Å²) in [5.41, 5.74) is 10.6. The quantitative estimate of drug-likeness (QED) is 0.424. The largest absolute Gasteiger partial charge is 0.347 e. The Balaban J connectivity index is 2.15. The monoisotopic (exact) mass is 212 g/mol. The van der Waals surface area contributed by atoms with Crippen LogP contribution in [0.1, 0.15) is 11.3 Å². The molecular formula is C12H12N4. The predicted molar refractivity (Wildman–Crippen MR) is 62.8 cm³/mol. The Labute approximate surface area is 93.8 Å². The van der Waals surface area contributed by atoms with Crippen LogP contribution in [0.4, 0.5) is 0 Å². The summed E-state index contributed by atoms with van der Waals surface area (Å²) < 4.78 is 2.09. The Morgan fingerprint density at radius 3 is 2.69 bits per heavy atom. The maximum absolute atomic E-state index is 8.29. The van der Waals surface area contributed by atoms with Crippen LogP contribution in [0.5, 0.6) is 0 Å². The first-order valence-corrected chi connectivity index (χ1v) is 5.09. The molecule has 0 aliphatic carbocycles. The first-order chi connectivity index (χ1) is 7.90. The zero-order chi connectivity index (χ0) is 11.2. The predicted octanol–water partition coefficient (Wildman–Crippen LogP) is 3.35. The van der Waals surface area contributed by atoms with Crippen molar-refractivity contribution in [3.8, 4) is 0 Å². The molecule has 0 fully saturated rings. The molecule has 0 aliphatic heterocycles. The molecule has 0 amide bonds. The smallest absolute Gasteiger partial charge is 0.0664 e. The molecule has 0 radical (unpaired) electrons. The lowest BCUT2D eigenvalue weighted by Gasteiger charge is -2.07. The van der Waals surface area contributed by atoms with Gasteiger partial charge < -0.3 is 4.57 Å². The lowest BCUT2D eigenvalue weighted by molar-refractivity contribution is 0.742. The van der Waals surface area contributed by atoms with Gasteiger partial charge in [0, 0.05) is 23.3 Å². The van der Waals surface area contributed by atoms with Crippen LogP contribution < -0.4 is 0 Å². The molecule has 0 aliphatic rings. The van der Waals surface area contributed by atoms with E-state index in [2.05, 4.69) is 26.7 Å². The normalized spacial score (nSPS) is 9.75. The molecule has 0 atom stereocenters. The third kappa shape index (κ3) is 2.43. The summed E-state index contributed by atoms with van der Waals surface area (Å²) in [6.45, 7) is 1.21. The first kappa shape index (κ1) is 10.3. The number of aromatic nitrogens is 1. The van der Waals surface area contributed by atoms with Crippen molar-refractivity contribution >= 4 is 0 Å². The second-order valence-corrected chi connectivity index (χ2v) is 3.50. The van der Waals surface area contributed by atoms with Crippen LogP contribution in [-0.2, 0) is 13.1 Å². The molecule has 1 aromatic carbocycles. The highest BCUT2D eigenvalue weighted by Crippen LogP contribution is 2.08. The van der Waals surface area contributed by atoms with Crippen molar-refractivity contribution in [2.45, 2.75) is 13.1 Å². The van der Waals surface area contributed by atoms with E-state index in [1.807, 2.05) is 36.5 Å². The van der Waals surface area contributed by atoms with Gasteiger partial charge in [0.25, 0.3) is 0 Å². The molecule has 2 rings (SSSR count). The van der Waals surface area contributed by atoms with Crippen LogP contribution >= 0.6 is 0 Å². The highest BCUT2D eigenvalue weighted by Gasteiger charge is 1.99. The number of hydrogen-bond donors (Lipinski definition) is 0. The Morgan fingerprint density at radius 1 is 1.12 bits per heavy atom. The van der Waals surface area contributed by atoms with Gasteiger partial charge in [-0.25, -0.2) is 0 Å². The molecule has 16 heavy (non-hydrogen) atoms. The average molecular weight is 212 g/mol. The lowest BCUT2D eigenvalue weighted by Crippen LogP contribution is -2.01. The van der Waals surface area contributed by atoms with Crippen LogP contribution in [0.3, 0.4) is 0 Å². The minimum atomic E-state index is 0.399. The van der Waals surface area contributed by atoms with Gasteiger partial charge in [0.05, 0.1) is 6.54 Å². The zero-order valence-electron chi connectivity index (χ0n) is 8.82. The minimum absolute atomic E-state index is 0.399. The van der Waals surface area contributed by atoms with Crippen LogP contribution in [0.25, 0.3) is 10.4 Å². The molecule has 4 nitrogen and oxygen atoms in total. The third-order valence-electron chi connectivity index (χ3n) is 2.42. The highest BCUT2D eigenvalue weighted by atomic mass is 15.1. The second kappa shape index (κ2) is 5.05. The van der Waals surface area contributed by atoms with Crippen LogP contribution in [0.15, 0.2) is 53.8 Å².